The van der Waals surface area contributed by atoms with E-state index in [9.17, 15) is 9.59 Å². The van der Waals surface area contributed by atoms with Gasteiger partial charge in [-0.05, 0) is 39.0 Å². The lowest BCUT2D eigenvalue weighted by Gasteiger charge is -2.15. The van der Waals surface area contributed by atoms with Gasteiger partial charge in [-0.1, -0.05) is 15.9 Å². The summed E-state index contributed by atoms with van der Waals surface area (Å²) in [6.07, 6.45) is -0.106. The first-order valence-electron chi connectivity index (χ1n) is 6.80. The Bertz CT molecular complexity index is 738. The highest BCUT2D eigenvalue weighted by Crippen LogP contribution is 2.20. The second kappa shape index (κ2) is 6.39. The summed E-state index contributed by atoms with van der Waals surface area (Å²) in [5.41, 5.74) is 0.747. The molecule has 112 valence electrons. The van der Waals surface area contributed by atoms with E-state index in [0.29, 0.717) is 5.39 Å². The zero-order valence-corrected chi connectivity index (χ0v) is 13.8. The molecule has 2 rings (SSSR count). The van der Waals surface area contributed by atoms with Gasteiger partial charge in [-0.25, -0.2) is 0 Å². The van der Waals surface area contributed by atoms with Crippen molar-refractivity contribution < 1.29 is 9.53 Å². The van der Waals surface area contributed by atoms with Crippen molar-refractivity contribution in [2.24, 2.45) is 0 Å². The fourth-order valence-electron chi connectivity index (χ4n) is 2.13. The average Bonchev–Trinajstić information content (AvgIpc) is 2.41. The Morgan fingerprint density at radius 3 is 2.76 bits per heavy atom. The van der Waals surface area contributed by atoms with Gasteiger partial charge in [0.2, 0.25) is 5.43 Å². The highest BCUT2D eigenvalue weighted by atomic mass is 79.9. The van der Waals surface area contributed by atoms with E-state index in [0.717, 1.165) is 9.99 Å². The SMILES string of the molecule is CCOC(=O)Cc1nn(C(C)C)c2cc(Br)ccc2c1=O. The second-order valence-corrected chi connectivity index (χ2v) is 5.87. The number of hydrogen-bond acceptors (Lipinski definition) is 4. The largest absolute Gasteiger partial charge is 0.466 e. The molecule has 1 aromatic heterocycles. The standard InChI is InChI=1S/C15H17BrN2O3/c1-4-21-14(19)8-12-15(20)11-6-5-10(16)7-13(11)18(17-12)9(2)3/h5-7,9H,4,8H2,1-3H3. The highest BCUT2D eigenvalue weighted by Gasteiger charge is 2.16. The summed E-state index contributed by atoms with van der Waals surface area (Å²) < 4.78 is 7.54. The normalized spacial score (nSPS) is 11.1. The monoisotopic (exact) mass is 352 g/mol. The quantitative estimate of drug-likeness (QED) is 0.793. The molecule has 6 heteroatoms. The summed E-state index contributed by atoms with van der Waals surface area (Å²) in [6.45, 7) is 5.98. The molecule has 0 unspecified atom stereocenters. The van der Waals surface area contributed by atoms with Gasteiger partial charge < -0.3 is 4.74 Å². The van der Waals surface area contributed by atoms with Crippen LogP contribution in [0.5, 0.6) is 0 Å². The number of benzene rings is 1. The van der Waals surface area contributed by atoms with E-state index in [2.05, 4.69) is 21.0 Å². The maximum atomic E-state index is 12.5. The van der Waals surface area contributed by atoms with Crippen LogP contribution in [0, 0.1) is 0 Å². The number of fused-ring (bicyclic) bond motifs is 1. The van der Waals surface area contributed by atoms with Crippen LogP contribution in [0.15, 0.2) is 27.5 Å². The number of carbonyl (C=O) groups is 1. The van der Waals surface area contributed by atoms with Gasteiger partial charge in [0.15, 0.2) is 0 Å². The van der Waals surface area contributed by atoms with Crippen LogP contribution in [0.1, 0.15) is 32.5 Å². The van der Waals surface area contributed by atoms with Gasteiger partial charge in [-0.2, -0.15) is 5.10 Å². The summed E-state index contributed by atoms with van der Waals surface area (Å²) in [5, 5.41) is 4.90. The Morgan fingerprint density at radius 2 is 2.14 bits per heavy atom. The number of carbonyl (C=O) groups excluding carboxylic acids is 1. The van der Waals surface area contributed by atoms with Crippen molar-refractivity contribution in [3.8, 4) is 0 Å². The van der Waals surface area contributed by atoms with E-state index in [1.807, 2.05) is 26.0 Å². The molecule has 0 amide bonds. The predicted octanol–water partition coefficient (Wildman–Crippen LogP) is 2.85. The van der Waals surface area contributed by atoms with Gasteiger partial charge in [-0.15, -0.1) is 0 Å². The first kappa shape index (κ1) is 15.7. The van der Waals surface area contributed by atoms with Gasteiger partial charge >= 0.3 is 5.97 Å². The molecule has 0 fully saturated rings. The number of nitrogens with zero attached hydrogens (tertiary/aromatic N) is 2. The molecule has 2 aromatic rings. The van der Waals surface area contributed by atoms with Gasteiger partial charge in [0.05, 0.1) is 18.5 Å². The van der Waals surface area contributed by atoms with Gasteiger partial charge in [0.25, 0.3) is 0 Å². The van der Waals surface area contributed by atoms with E-state index < -0.39 is 5.97 Å². The molecule has 0 radical (unpaired) electrons. The van der Waals surface area contributed by atoms with Crippen molar-refractivity contribution in [2.45, 2.75) is 33.2 Å². The lowest BCUT2D eigenvalue weighted by atomic mass is 10.1. The predicted molar refractivity (Wildman–Crippen MR) is 84.4 cm³/mol. The number of hydrogen-bond donors (Lipinski definition) is 0. The number of halogens is 1. The molecule has 0 aliphatic carbocycles. The summed E-state index contributed by atoms with van der Waals surface area (Å²) in [5.74, 6) is -0.436. The summed E-state index contributed by atoms with van der Waals surface area (Å²) >= 11 is 3.40. The third-order valence-corrected chi connectivity index (χ3v) is 3.54. The van der Waals surface area contributed by atoms with Crippen molar-refractivity contribution >= 4 is 32.8 Å². The third kappa shape index (κ3) is 3.32. The van der Waals surface area contributed by atoms with Crippen LogP contribution in [-0.2, 0) is 16.0 Å². The van der Waals surface area contributed by atoms with Crippen LogP contribution in [0.4, 0.5) is 0 Å². The fourth-order valence-corrected chi connectivity index (χ4v) is 2.48. The van der Waals surface area contributed by atoms with E-state index >= 15 is 0 Å². The molecule has 0 atom stereocenters. The number of rotatable bonds is 4. The Morgan fingerprint density at radius 1 is 1.43 bits per heavy atom. The fraction of sp³-hybridized carbons (Fsp3) is 0.400. The number of aromatic nitrogens is 2. The van der Waals surface area contributed by atoms with E-state index in [4.69, 9.17) is 4.74 Å². The molecule has 0 aliphatic heterocycles. The van der Waals surface area contributed by atoms with Gasteiger partial charge in [0, 0.05) is 15.9 Å². The molecule has 0 N–H and O–H groups in total. The van der Waals surface area contributed by atoms with Crippen molar-refractivity contribution in [2.75, 3.05) is 6.61 Å². The molecule has 0 saturated heterocycles. The highest BCUT2D eigenvalue weighted by molar-refractivity contribution is 9.10. The van der Waals surface area contributed by atoms with Crippen molar-refractivity contribution in [3.63, 3.8) is 0 Å². The Labute approximate surface area is 131 Å². The zero-order chi connectivity index (χ0) is 15.6. The smallest absolute Gasteiger partial charge is 0.312 e. The van der Waals surface area contributed by atoms with E-state index in [-0.39, 0.29) is 30.2 Å². The van der Waals surface area contributed by atoms with Crippen molar-refractivity contribution in [1.82, 2.24) is 9.78 Å². The molecule has 5 nitrogen and oxygen atoms in total. The van der Waals surface area contributed by atoms with E-state index in [1.54, 1.807) is 17.7 Å². The molecule has 1 aromatic carbocycles. The first-order valence-corrected chi connectivity index (χ1v) is 7.60. The molecule has 0 aliphatic rings. The van der Waals surface area contributed by atoms with Crippen molar-refractivity contribution in [3.05, 3.63) is 38.6 Å². The van der Waals surface area contributed by atoms with Crippen LogP contribution >= 0.6 is 15.9 Å². The minimum Gasteiger partial charge on any atom is -0.466 e. The average molecular weight is 353 g/mol. The van der Waals surface area contributed by atoms with Gasteiger partial charge in [-0.3, -0.25) is 14.3 Å². The molecule has 1 heterocycles. The third-order valence-electron chi connectivity index (χ3n) is 3.05. The lowest BCUT2D eigenvalue weighted by molar-refractivity contribution is -0.142. The van der Waals surface area contributed by atoms with Crippen LogP contribution < -0.4 is 5.43 Å². The second-order valence-electron chi connectivity index (χ2n) is 4.96. The lowest BCUT2D eigenvalue weighted by Crippen LogP contribution is -2.23. The molecular weight excluding hydrogens is 336 g/mol. The van der Waals surface area contributed by atoms with E-state index in [1.165, 1.54) is 0 Å². The number of esters is 1. The molecule has 0 bridgehead atoms. The maximum Gasteiger partial charge on any atom is 0.312 e. The van der Waals surface area contributed by atoms with Crippen LogP contribution in [0.25, 0.3) is 10.9 Å². The Balaban J connectivity index is 2.63. The summed E-state index contributed by atoms with van der Waals surface area (Å²) in [6, 6.07) is 5.49. The molecular formula is C15H17BrN2O3. The first-order chi connectivity index (χ1) is 9.93. The molecule has 0 saturated carbocycles. The zero-order valence-electron chi connectivity index (χ0n) is 12.2. The van der Waals surface area contributed by atoms with Crippen LogP contribution in [-0.4, -0.2) is 22.4 Å². The summed E-state index contributed by atoms with van der Waals surface area (Å²) in [4.78, 5) is 24.1. The van der Waals surface area contributed by atoms with Crippen molar-refractivity contribution in [1.29, 1.82) is 0 Å². The minimum atomic E-state index is -0.436. The Kier molecular flexibility index (Phi) is 4.77. The van der Waals surface area contributed by atoms with Crippen LogP contribution in [0.3, 0.4) is 0 Å². The topological polar surface area (TPSA) is 61.2 Å². The molecule has 21 heavy (non-hydrogen) atoms. The minimum absolute atomic E-state index is 0.0725. The van der Waals surface area contributed by atoms with Gasteiger partial charge in [0.1, 0.15) is 5.69 Å². The molecule has 0 spiro atoms. The summed E-state index contributed by atoms with van der Waals surface area (Å²) in [7, 11) is 0. The van der Waals surface area contributed by atoms with Crippen LogP contribution in [0.2, 0.25) is 0 Å². The number of ether oxygens (including phenoxy) is 1. The Hall–Kier alpha value is -1.69. The maximum absolute atomic E-state index is 12.5.